The van der Waals surface area contributed by atoms with Crippen LogP contribution in [0.5, 0.6) is 0 Å². The molecule has 6 heteroatoms. The lowest BCUT2D eigenvalue weighted by Crippen LogP contribution is -2.26. The Kier molecular flexibility index (Phi) is 5.12. The highest BCUT2D eigenvalue weighted by molar-refractivity contribution is 9.10. The van der Waals surface area contributed by atoms with Crippen molar-refractivity contribution in [3.05, 3.63) is 50.6 Å². The second-order valence-corrected chi connectivity index (χ2v) is 6.21. The molecule has 1 N–H and O–H groups in total. The van der Waals surface area contributed by atoms with Gasteiger partial charge < -0.3 is 5.32 Å². The van der Waals surface area contributed by atoms with Crippen molar-refractivity contribution in [2.75, 3.05) is 5.32 Å². The summed E-state index contributed by atoms with van der Waals surface area (Å²) in [5.74, 6) is 0.375. The van der Waals surface area contributed by atoms with E-state index in [-0.39, 0.29) is 5.56 Å². The smallest absolute Gasteiger partial charge is 0.283 e. The van der Waals surface area contributed by atoms with Crippen molar-refractivity contribution in [1.29, 1.82) is 0 Å². The summed E-state index contributed by atoms with van der Waals surface area (Å²) < 4.78 is 1.99. The molecule has 0 aromatic carbocycles. The molecular weight excluding hydrogens is 332 g/mol. The second-order valence-electron chi connectivity index (χ2n) is 5.41. The number of aryl methyl sites for hydroxylation is 1. The van der Waals surface area contributed by atoms with E-state index in [9.17, 15) is 4.79 Å². The number of pyridine rings is 1. The Bertz CT molecular complexity index is 664. The van der Waals surface area contributed by atoms with E-state index in [0.29, 0.717) is 29.2 Å². The first-order valence-electron chi connectivity index (χ1n) is 6.88. The van der Waals surface area contributed by atoms with Gasteiger partial charge >= 0.3 is 0 Å². The van der Waals surface area contributed by atoms with Gasteiger partial charge in [-0.3, -0.25) is 9.78 Å². The van der Waals surface area contributed by atoms with E-state index < -0.39 is 0 Å². The molecule has 0 saturated carbocycles. The van der Waals surface area contributed by atoms with Gasteiger partial charge in [0.25, 0.3) is 5.56 Å². The maximum absolute atomic E-state index is 12.2. The molecule has 2 rings (SSSR count). The lowest BCUT2D eigenvalue weighted by molar-refractivity contribution is 0.462. The zero-order chi connectivity index (χ0) is 15.4. The van der Waals surface area contributed by atoms with Crippen LogP contribution < -0.4 is 10.9 Å². The van der Waals surface area contributed by atoms with Gasteiger partial charge in [-0.1, -0.05) is 19.9 Å². The summed E-state index contributed by atoms with van der Waals surface area (Å²) in [4.78, 5) is 16.4. The monoisotopic (exact) mass is 350 g/mol. The summed E-state index contributed by atoms with van der Waals surface area (Å²) in [5.41, 5.74) is 2.62. The molecule has 0 aliphatic rings. The molecule has 2 aromatic rings. The third kappa shape index (κ3) is 4.14. The Morgan fingerprint density at radius 2 is 2.10 bits per heavy atom. The molecule has 0 fully saturated rings. The molecule has 0 amide bonds. The molecule has 0 spiro atoms. The van der Waals surface area contributed by atoms with Crippen molar-refractivity contribution < 1.29 is 0 Å². The molecule has 2 aromatic heterocycles. The normalized spacial score (nSPS) is 10.9. The number of halogens is 1. The van der Waals surface area contributed by atoms with Gasteiger partial charge in [-0.05, 0) is 40.4 Å². The zero-order valence-electron chi connectivity index (χ0n) is 12.4. The lowest BCUT2D eigenvalue weighted by atomic mass is 10.2. The Hall–Kier alpha value is -1.69. The number of aromatic nitrogens is 3. The van der Waals surface area contributed by atoms with Crippen LogP contribution >= 0.6 is 15.9 Å². The van der Waals surface area contributed by atoms with E-state index in [0.717, 1.165) is 11.3 Å². The molecule has 2 heterocycles. The minimum absolute atomic E-state index is 0.115. The van der Waals surface area contributed by atoms with E-state index >= 15 is 0 Å². The number of anilines is 1. The average Bonchev–Trinajstić information content (AvgIpc) is 2.44. The van der Waals surface area contributed by atoms with Crippen molar-refractivity contribution in [3.63, 3.8) is 0 Å². The quantitative estimate of drug-likeness (QED) is 0.900. The molecule has 0 aliphatic carbocycles. The summed E-state index contributed by atoms with van der Waals surface area (Å²) in [5, 5.41) is 7.41. The van der Waals surface area contributed by atoms with Gasteiger partial charge in [-0.25, -0.2) is 4.68 Å². The molecule has 0 radical (unpaired) electrons. The van der Waals surface area contributed by atoms with Gasteiger partial charge in [0, 0.05) is 25.0 Å². The van der Waals surface area contributed by atoms with Gasteiger partial charge in [-0.2, -0.15) is 5.10 Å². The second kappa shape index (κ2) is 6.85. The fourth-order valence-electron chi connectivity index (χ4n) is 1.86. The lowest BCUT2D eigenvalue weighted by Gasteiger charge is -2.11. The topological polar surface area (TPSA) is 59.8 Å². The number of nitrogens with one attached hydrogen (secondary N) is 1. The highest BCUT2D eigenvalue weighted by Crippen LogP contribution is 2.17. The van der Waals surface area contributed by atoms with Gasteiger partial charge in [0.05, 0.1) is 11.9 Å². The van der Waals surface area contributed by atoms with Crippen LogP contribution in [0.15, 0.2) is 33.8 Å². The number of hydrogen-bond acceptors (Lipinski definition) is 4. The zero-order valence-corrected chi connectivity index (χ0v) is 14.0. The summed E-state index contributed by atoms with van der Waals surface area (Å²) in [6.45, 7) is 7.27. The Labute approximate surface area is 132 Å². The number of hydrogen-bond donors (Lipinski definition) is 1. The van der Waals surface area contributed by atoms with Crippen LogP contribution in [-0.4, -0.2) is 14.8 Å². The van der Waals surface area contributed by atoms with E-state index in [1.165, 1.54) is 4.68 Å². The van der Waals surface area contributed by atoms with E-state index in [1.807, 2.05) is 25.3 Å². The van der Waals surface area contributed by atoms with Crippen LogP contribution in [-0.2, 0) is 13.1 Å². The van der Waals surface area contributed by atoms with Crippen LogP contribution in [0.25, 0.3) is 0 Å². The maximum atomic E-state index is 12.2. The van der Waals surface area contributed by atoms with Gasteiger partial charge in [0.2, 0.25) is 0 Å². The first-order valence-corrected chi connectivity index (χ1v) is 7.67. The molecule has 5 nitrogen and oxygen atoms in total. The average molecular weight is 351 g/mol. The third-order valence-corrected chi connectivity index (χ3v) is 3.74. The number of nitrogens with zero attached hydrogens (tertiary/aromatic N) is 3. The first-order chi connectivity index (χ1) is 9.97. The van der Waals surface area contributed by atoms with Crippen molar-refractivity contribution in [2.24, 2.45) is 5.92 Å². The van der Waals surface area contributed by atoms with Crippen molar-refractivity contribution >= 4 is 21.6 Å². The molecule has 112 valence electrons. The van der Waals surface area contributed by atoms with Gasteiger partial charge in [0.15, 0.2) is 0 Å². The fraction of sp³-hybridized carbons (Fsp3) is 0.400. The molecule has 0 bridgehead atoms. The van der Waals surface area contributed by atoms with E-state index in [4.69, 9.17) is 0 Å². The van der Waals surface area contributed by atoms with E-state index in [1.54, 1.807) is 6.20 Å². The largest absolute Gasteiger partial charge is 0.379 e. The third-order valence-electron chi connectivity index (χ3n) is 2.98. The van der Waals surface area contributed by atoms with Crippen LogP contribution in [0.1, 0.15) is 25.1 Å². The number of rotatable bonds is 5. The highest BCUT2D eigenvalue weighted by Gasteiger charge is 2.09. The minimum atomic E-state index is -0.115. The predicted molar refractivity (Wildman–Crippen MR) is 87.3 cm³/mol. The van der Waals surface area contributed by atoms with Gasteiger partial charge in [0.1, 0.15) is 4.47 Å². The van der Waals surface area contributed by atoms with Crippen LogP contribution in [0.2, 0.25) is 0 Å². The molecule has 0 atom stereocenters. The Morgan fingerprint density at radius 3 is 2.71 bits per heavy atom. The predicted octanol–water partition coefficient (Wildman–Crippen LogP) is 2.98. The minimum Gasteiger partial charge on any atom is -0.379 e. The summed E-state index contributed by atoms with van der Waals surface area (Å²) >= 11 is 3.35. The van der Waals surface area contributed by atoms with E-state index in [2.05, 4.69) is 45.2 Å². The maximum Gasteiger partial charge on any atom is 0.283 e. The van der Waals surface area contributed by atoms with Gasteiger partial charge in [-0.15, -0.1) is 0 Å². The fourth-order valence-corrected chi connectivity index (χ4v) is 2.31. The van der Waals surface area contributed by atoms with Crippen molar-refractivity contribution in [2.45, 2.75) is 33.9 Å². The van der Waals surface area contributed by atoms with Crippen LogP contribution in [0.4, 0.5) is 5.69 Å². The molecule has 21 heavy (non-hydrogen) atoms. The SMILES string of the molecule is Cc1ccc(CNc2cnn(CC(C)C)c(=O)c2Br)cn1. The summed E-state index contributed by atoms with van der Waals surface area (Å²) in [6, 6.07) is 3.97. The molecule has 0 saturated heterocycles. The van der Waals surface area contributed by atoms with Crippen molar-refractivity contribution in [1.82, 2.24) is 14.8 Å². The molecule has 0 aliphatic heterocycles. The highest BCUT2D eigenvalue weighted by atomic mass is 79.9. The van der Waals surface area contributed by atoms with Crippen LogP contribution in [0, 0.1) is 12.8 Å². The molecule has 0 unspecified atom stereocenters. The van der Waals surface area contributed by atoms with Crippen LogP contribution in [0.3, 0.4) is 0 Å². The first kappa shape index (κ1) is 15.7. The summed E-state index contributed by atoms with van der Waals surface area (Å²) in [7, 11) is 0. The Morgan fingerprint density at radius 1 is 1.33 bits per heavy atom. The summed E-state index contributed by atoms with van der Waals surface area (Å²) in [6.07, 6.45) is 3.50. The Balaban J connectivity index is 2.12. The molecular formula is C15H19BrN4O. The van der Waals surface area contributed by atoms with Crippen molar-refractivity contribution in [3.8, 4) is 0 Å². The standard InChI is InChI=1S/C15H19BrN4O/c1-10(2)9-20-15(21)14(16)13(8-19-20)18-7-12-5-4-11(3)17-6-12/h4-6,8,10,18H,7,9H2,1-3H3.